The molecule has 1 saturated carbocycles. The summed E-state index contributed by atoms with van der Waals surface area (Å²) in [4.78, 5) is 2.59. The summed E-state index contributed by atoms with van der Waals surface area (Å²) in [6.45, 7) is 4.06. The second-order valence-corrected chi connectivity index (χ2v) is 7.02. The molecule has 1 aromatic carbocycles. The molecule has 0 amide bonds. The number of nitrogens with zero attached hydrogens (tertiary/aromatic N) is 1. The molecule has 1 N–H and O–H groups in total. The Hall–Kier alpha value is -0.540. The van der Waals surface area contributed by atoms with Gasteiger partial charge in [-0.3, -0.25) is 4.90 Å². The first-order chi connectivity index (χ1) is 9.15. The molecule has 2 nitrogen and oxygen atoms in total. The molecular weight excluding hydrogens is 302 g/mol. The van der Waals surface area contributed by atoms with Gasteiger partial charge in [-0.05, 0) is 56.3 Å². The van der Waals surface area contributed by atoms with E-state index < -0.39 is 0 Å². The van der Waals surface area contributed by atoms with Gasteiger partial charge in [-0.25, -0.2) is 0 Å². The third kappa shape index (κ3) is 2.68. The van der Waals surface area contributed by atoms with E-state index in [4.69, 9.17) is 0 Å². The highest BCUT2D eigenvalue weighted by molar-refractivity contribution is 9.10. The number of hydrogen-bond acceptors (Lipinski definition) is 2. The SMILES string of the molecule is Cc1cc(Br)cc(CN2CCC3CCCCC32)c1O. The molecule has 0 bridgehead atoms. The molecular formula is C16H22BrNO. The molecule has 2 unspecified atom stereocenters. The van der Waals surface area contributed by atoms with Crippen LogP contribution in [-0.2, 0) is 6.54 Å². The van der Waals surface area contributed by atoms with E-state index in [2.05, 4.69) is 26.9 Å². The van der Waals surface area contributed by atoms with Crippen LogP contribution in [0.15, 0.2) is 16.6 Å². The van der Waals surface area contributed by atoms with Crippen molar-refractivity contribution in [2.45, 2.75) is 51.6 Å². The third-order valence-electron chi connectivity index (χ3n) is 4.84. The van der Waals surface area contributed by atoms with E-state index in [1.165, 1.54) is 38.6 Å². The van der Waals surface area contributed by atoms with Gasteiger partial charge in [0.25, 0.3) is 0 Å². The van der Waals surface area contributed by atoms with Crippen molar-refractivity contribution in [2.24, 2.45) is 5.92 Å². The predicted molar refractivity (Wildman–Crippen MR) is 81.3 cm³/mol. The Labute approximate surface area is 123 Å². The number of phenolic OH excluding ortho intramolecular Hbond substituents is 1. The van der Waals surface area contributed by atoms with Crippen LogP contribution in [-0.4, -0.2) is 22.6 Å². The van der Waals surface area contributed by atoms with Crippen LogP contribution in [0.25, 0.3) is 0 Å². The summed E-state index contributed by atoms with van der Waals surface area (Å²) < 4.78 is 1.07. The molecule has 1 saturated heterocycles. The monoisotopic (exact) mass is 323 g/mol. The van der Waals surface area contributed by atoms with Crippen LogP contribution >= 0.6 is 15.9 Å². The number of rotatable bonds is 2. The first-order valence-electron chi connectivity index (χ1n) is 7.37. The van der Waals surface area contributed by atoms with E-state index in [1.807, 2.05) is 13.0 Å². The Kier molecular flexibility index (Phi) is 3.86. The normalized spacial score (nSPS) is 27.5. The minimum Gasteiger partial charge on any atom is -0.507 e. The molecule has 1 aromatic rings. The second kappa shape index (κ2) is 5.45. The lowest BCUT2D eigenvalue weighted by Crippen LogP contribution is -2.34. The fourth-order valence-electron chi connectivity index (χ4n) is 3.84. The highest BCUT2D eigenvalue weighted by Gasteiger charge is 2.35. The van der Waals surface area contributed by atoms with E-state index in [-0.39, 0.29) is 0 Å². The fraction of sp³-hybridized carbons (Fsp3) is 0.625. The summed E-state index contributed by atoms with van der Waals surface area (Å²) in [5.74, 6) is 1.38. The average Bonchev–Trinajstić information content (AvgIpc) is 2.79. The molecule has 2 aliphatic rings. The van der Waals surface area contributed by atoms with Gasteiger partial charge in [-0.1, -0.05) is 28.8 Å². The molecule has 1 aliphatic heterocycles. The van der Waals surface area contributed by atoms with Crippen molar-refractivity contribution in [3.05, 3.63) is 27.7 Å². The van der Waals surface area contributed by atoms with Crippen molar-refractivity contribution in [1.29, 1.82) is 0 Å². The van der Waals surface area contributed by atoms with E-state index in [1.54, 1.807) is 0 Å². The first kappa shape index (κ1) is 13.4. The van der Waals surface area contributed by atoms with Crippen LogP contribution in [0, 0.1) is 12.8 Å². The Morgan fingerprint density at radius 1 is 1.26 bits per heavy atom. The Bertz CT molecular complexity index is 474. The predicted octanol–water partition coefficient (Wildman–Crippen LogP) is 4.23. The fourth-order valence-corrected chi connectivity index (χ4v) is 4.46. The third-order valence-corrected chi connectivity index (χ3v) is 5.30. The van der Waals surface area contributed by atoms with E-state index in [0.717, 1.165) is 34.1 Å². The van der Waals surface area contributed by atoms with Crippen LogP contribution in [0.1, 0.15) is 43.2 Å². The Morgan fingerprint density at radius 3 is 2.89 bits per heavy atom. The number of hydrogen-bond donors (Lipinski definition) is 1. The van der Waals surface area contributed by atoms with Crippen molar-refractivity contribution >= 4 is 15.9 Å². The number of fused-ring (bicyclic) bond motifs is 1. The number of likely N-dealkylation sites (tertiary alicyclic amines) is 1. The topological polar surface area (TPSA) is 23.5 Å². The van der Waals surface area contributed by atoms with Crippen molar-refractivity contribution in [2.75, 3.05) is 6.54 Å². The van der Waals surface area contributed by atoms with Gasteiger partial charge < -0.3 is 5.11 Å². The van der Waals surface area contributed by atoms with Crippen LogP contribution in [0.5, 0.6) is 5.75 Å². The molecule has 3 heteroatoms. The van der Waals surface area contributed by atoms with Gasteiger partial charge in [0.05, 0.1) is 0 Å². The summed E-state index contributed by atoms with van der Waals surface area (Å²) in [7, 11) is 0. The zero-order chi connectivity index (χ0) is 13.4. The number of aromatic hydroxyl groups is 1. The molecule has 3 rings (SSSR count). The van der Waals surface area contributed by atoms with Gasteiger partial charge >= 0.3 is 0 Å². The van der Waals surface area contributed by atoms with Gasteiger partial charge in [-0.2, -0.15) is 0 Å². The smallest absolute Gasteiger partial charge is 0.123 e. The maximum absolute atomic E-state index is 10.2. The molecule has 2 fully saturated rings. The van der Waals surface area contributed by atoms with Gasteiger partial charge in [-0.15, -0.1) is 0 Å². The van der Waals surface area contributed by atoms with Crippen molar-refractivity contribution < 1.29 is 5.11 Å². The van der Waals surface area contributed by atoms with Crippen LogP contribution in [0.2, 0.25) is 0 Å². The van der Waals surface area contributed by atoms with Gasteiger partial charge in [0.15, 0.2) is 0 Å². The molecule has 2 atom stereocenters. The van der Waals surface area contributed by atoms with Crippen LogP contribution in [0.3, 0.4) is 0 Å². The molecule has 0 aromatic heterocycles. The van der Waals surface area contributed by atoms with Crippen molar-refractivity contribution in [3.8, 4) is 5.75 Å². The summed E-state index contributed by atoms with van der Waals surface area (Å²) in [6.07, 6.45) is 6.89. The summed E-state index contributed by atoms with van der Waals surface area (Å²) in [5, 5.41) is 10.2. The van der Waals surface area contributed by atoms with E-state index in [0.29, 0.717) is 5.75 Å². The lowest BCUT2D eigenvalue weighted by atomic mass is 9.85. The van der Waals surface area contributed by atoms with Gasteiger partial charge in [0, 0.05) is 22.6 Å². The number of phenols is 1. The zero-order valence-corrected chi connectivity index (χ0v) is 13.1. The highest BCUT2D eigenvalue weighted by Crippen LogP contribution is 2.38. The molecule has 19 heavy (non-hydrogen) atoms. The van der Waals surface area contributed by atoms with Crippen molar-refractivity contribution in [1.82, 2.24) is 4.90 Å². The number of halogens is 1. The quantitative estimate of drug-likeness (QED) is 0.880. The standard InChI is InChI=1S/C16H22BrNO/c1-11-8-14(17)9-13(16(11)19)10-18-7-6-12-4-2-3-5-15(12)18/h8-9,12,15,19H,2-7,10H2,1H3. The lowest BCUT2D eigenvalue weighted by molar-refractivity contribution is 0.174. The minimum absolute atomic E-state index is 0.474. The molecule has 1 heterocycles. The summed E-state index contributed by atoms with van der Waals surface area (Å²) in [5.41, 5.74) is 2.03. The Balaban J connectivity index is 1.78. The molecule has 0 spiro atoms. The Morgan fingerprint density at radius 2 is 2.05 bits per heavy atom. The summed E-state index contributed by atoms with van der Waals surface area (Å²) >= 11 is 3.54. The van der Waals surface area contributed by atoms with E-state index in [9.17, 15) is 5.11 Å². The molecule has 1 aliphatic carbocycles. The maximum atomic E-state index is 10.2. The molecule has 0 radical (unpaired) electrons. The zero-order valence-electron chi connectivity index (χ0n) is 11.5. The van der Waals surface area contributed by atoms with Gasteiger partial charge in [0.1, 0.15) is 5.75 Å². The highest BCUT2D eigenvalue weighted by atomic mass is 79.9. The lowest BCUT2D eigenvalue weighted by Gasteiger charge is -2.32. The van der Waals surface area contributed by atoms with E-state index >= 15 is 0 Å². The molecule has 104 valence electrons. The van der Waals surface area contributed by atoms with Crippen LogP contribution < -0.4 is 0 Å². The first-order valence-corrected chi connectivity index (χ1v) is 8.16. The van der Waals surface area contributed by atoms with Gasteiger partial charge in [0.2, 0.25) is 0 Å². The maximum Gasteiger partial charge on any atom is 0.123 e. The van der Waals surface area contributed by atoms with Crippen molar-refractivity contribution in [3.63, 3.8) is 0 Å². The number of aryl methyl sites for hydroxylation is 1. The summed E-state index contributed by atoms with van der Waals surface area (Å²) in [6, 6.07) is 4.80. The average molecular weight is 324 g/mol. The second-order valence-electron chi connectivity index (χ2n) is 6.10. The minimum atomic E-state index is 0.474. The van der Waals surface area contributed by atoms with Crippen LogP contribution in [0.4, 0.5) is 0 Å². The number of benzene rings is 1. The largest absolute Gasteiger partial charge is 0.507 e.